The standard InChI is InChI=1S/C20H20N4O3/c1-13(2)27-17-9-7-16(8-10-17)23-20-21-12-11-18(24-20)22-15-5-3-14(4-6-15)19(25)26/h3-13H,1-2H3,(H,25,26)(H2,21,22,23,24). The largest absolute Gasteiger partial charge is 0.491 e. The van der Waals surface area contributed by atoms with Gasteiger partial charge in [0.05, 0.1) is 11.7 Å². The van der Waals surface area contributed by atoms with Crippen LogP contribution in [-0.2, 0) is 0 Å². The molecule has 1 heterocycles. The van der Waals surface area contributed by atoms with Crippen molar-refractivity contribution in [1.29, 1.82) is 0 Å². The second-order valence-corrected chi connectivity index (χ2v) is 6.09. The van der Waals surface area contributed by atoms with Gasteiger partial charge in [0.2, 0.25) is 5.95 Å². The second kappa shape index (κ2) is 8.18. The normalized spacial score (nSPS) is 10.5. The summed E-state index contributed by atoms with van der Waals surface area (Å²) in [5.74, 6) is 0.881. The lowest BCUT2D eigenvalue weighted by molar-refractivity contribution is 0.0697. The highest BCUT2D eigenvalue weighted by atomic mass is 16.5. The van der Waals surface area contributed by atoms with Crippen molar-refractivity contribution in [1.82, 2.24) is 9.97 Å². The SMILES string of the molecule is CC(C)Oc1ccc(Nc2nccc(Nc3ccc(C(=O)O)cc3)n2)cc1. The van der Waals surface area contributed by atoms with Gasteiger partial charge in [-0.1, -0.05) is 0 Å². The third-order valence-electron chi connectivity index (χ3n) is 3.54. The predicted molar refractivity (Wildman–Crippen MR) is 104 cm³/mol. The highest BCUT2D eigenvalue weighted by Gasteiger charge is 2.04. The molecule has 7 heteroatoms. The van der Waals surface area contributed by atoms with E-state index >= 15 is 0 Å². The lowest BCUT2D eigenvalue weighted by atomic mass is 10.2. The van der Waals surface area contributed by atoms with E-state index < -0.39 is 5.97 Å². The van der Waals surface area contributed by atoms with E-state index in [1.807, 2.05) is 38.1 Å². The van der Waals surface area contributed by atoms with Crippen LogP contribution >= 0.6 is 0 Å². The quantitative estimate of drug-likeness (QED) is 0.570. The molecule has 0 spiro atoms. The van der Waals surface area contributed by atoms with Crippen molar-refractivity contribution in [3.63, 3.8) is 0 Å². The maximum absolute atomic E-state index is 10.9. The molecule has 1 aromatic heterocycles. The molecule has 3 N–H and O–H groups in total. The average molecular weight is 364 g/mol. The van der Waals surface area contributed by atoms with Gasteiger partial charge in [0, 0.05) is 17.6 Å². The van der Waals surface area contributed by atoms with Gasteiger partial charge < -0.3 is 20.5 Å². The van der Waals surface area contributed by atoms with Crippen LogP contribution in [0.4, 0.5) is 23.1 Å². The summed E-state index contributed by atoms with van der Waals surface area (Å²) < 4.78 is 5.62. The minimum absolute atomic E-state index is 0.125. The summed E-state index contributed by atoms with van der Waals surface area (Å²) in [5.41, 5.74) is 1.81. The fourth-order valence-corrected chi connectivity index (χ4v) is 2.35. The molecule has 0 saturated heterocycles. The number of nitrogens with zero attached hydrogens (tertiary/aromatic N) is 2. The first-order valence-electron chi connectivity index (χ1n) is 8.47. The molecule has 0 unspecified atom stereocenters. The van der Waals surface area contributed by atoms with Crippen LogP contribution in [0.5, 0.6) is 5.75 Å². The van der Waals surface area contributed by atoms with Crippen LogP contribution in [0.25, 0.3) is 0 Å². The van der Waals surface area contributed by atoms with E-state index in [-0.39, 0.29) is 11.7 Å². The molecular formula is C20H20N4O3. The van der Waals surface area contributed by atoms with Gasteiger partial charge in [-0.2, -0.15) is 4.98 Å². The monoisotopic (exact) mass is 364 g/mol. The summed E-state index contributed by atoms with van der Waals surface area (Å²) in [4.78, 5) is 19.5. The Morgan fingerprint density at radius 3 is 2.22 bits per heavy atom. The van der Waals surface area contributed by atoms with Gasteiger partial charge >= 0.3 is 5.97 Å². The molecule has 0 bridgehead atoms. The van der Waals surface area contributed by atoms with Crippen LogP contribution in [0.15, 0.2) is 60.8 Å². The van der Waals surface area contributed by atoms with E-state index in [1.54, 1.807) is 24.4 Å². The number of rotatable bonds is 7. The maximum Gasteiger partial charge on any atom is 0.335 e. The fourth-order valence-electron chi connectivity index (χ4n) is 2.35. The molecule has 7 nitrogen and oxygen atoms in total. The first kappa shape index (κ1) is 18.2. The van der Waals surface area contributed by atoms with Gasteiger partial charge in [-0.25, -0.2) is 9.78 Å². The molecule has 0 fully saturated rings. The summed E-state index contributed by atoms with van der Waals surface area (Å²) in [5, 5.41) is 15.2. The molecule has 0 atom stereocenters. The smallest absolute Gasteiger partial charge is 0.335 e. The highest BCUT2D eigenvalue weighted by molar-refractivity contribution is 5.88. The van der Waals surface area contributed by atoms with E-state index in [4.69, 9.17) is 9.84 Å². The molecular weight excluding hydrogens is 344 g/mol. The highest BCUT2D eigenvalue weighted by Crippen LogP contribution is 2.21. The molecule has 0 radical (unpaired) electrons. The maximum atomic E-state index is 10.9. The Balaban J connectivity index is 1.67. The second-order valence-electron chi connectivity index (χ2n) is 6.09. The number of ether oxygens (including phenoxy) is 1. The number of carbonyl (C=O) groups is 1. The number of anilines is 4. The van der Waals surface area contributed by atoms with Crippen molar-refractivity contribution in [2.24, 2.45) is 0 Å². The first-order chi connectivity index (χ1) is 13.0. The number of carboxylic acid groups (broad SMARTS) is 1. The Morgan fingerprint density at radius 2 is 1.59 bits per heavy atom. The van der Waals surface area contributed by atoms with Crippen molar-refractivity contribution >= 4 is 29.1 Å². The predicted octanol–water partition coefficient (Wildman–Crippen LogP) is 4.45. The van der Waals surface area contributed by atoms with E-state index in [0.717, 1.165) is 17.1 Å². The van der Waals surface area contributed by atoms with Gasteiger partial charge in [-0.3, -0.25) is 0 Å². The first-order valence-corrected chi connectivity index (χ1v) is 8.47. The van der Waals surface area contributed by atoms with Crippen LogP contribution in [0, 0.1) is 0 Å². The Labute approximate surface area is 157 Å². The van der Waals surface area contributed by atoms with Gasteiger partial charge in [-0.15, -0.1) is 0 Å². The van der Waals surface area contributed by atoms with Crippen molar-refractivity contribution in [2.75, 3.05) is 10.6 Å². The number of hydrogen-bond acceptors (Lipinski definition) is 6. The number of aromatic nitrogens is 2. The summed E-state index contributed by atoms with van der Waals surface area (Å²) in [6.07, 6.45) is 1.76. The zero-order valence-corrected chi connectivity index (χ0v) is 15.0. The van der Waals surface area contributed by atoms with Crippen molar-refractivity contribution in [3.05, 3.63) is 66.4 Å². The molecule has 2 aromatic carbocycles. The van der Waals surface area contributed by atoms with Crippen LogP contribution in [0.1, 0.15) is 24.2 Å². The molecule has 3 rings (SSSR count). The third kappa shape index (κ3) is 5.18. The van der Waals surface area contributed by atoms with Crippen molar-refractivity contribution in [2.45, 2.75) is 20.0 Å². The zero-order chi connectivity index (χ0) is 19.2. The summed E-state index contributed by atoms with van der Waals surface area (Å²) >= 11 is 0. The molecule has 138 valence electrons. The van der Waals surface area contributed by atoms with Gasteiger partial charge in [0.1, 0.15) is 11.6 Å². The number of aromatic carboxylic acids is 1. The topological polar surface area (TPSA) is 96.4 Å². The van der Waals surface area contributed by atoms with Gasteiger partial charge in [-0.05, 0) is 68.4 Å². The Bertz CT molecular complexity index is 909. The minimum Gasteiger partial charge on any atom is -0.491 e. The molecule has 0 aliphatic rings. The summed E-state index contributed by atoms with van der Waals surface area (Å²) in [7, 11) is 0. The van der Waals surface area contributed by atoms with Gasteiger partial charge in [0.15, 0.2) is 0 Å². The third-order valence-corrected chi connectivity index (χ3v) is 3.54. The summed E-state index contributed by atoms with van der Waals surface area (Å²) in [6, 6.07) is 15.7. The Kier molecular flexibility index (Phi) is 5.51. The average Bonchev–Trinajstić information content (AvgIpc) is 2.64. The molecule has 0 aliphatic carbocycles. The number of carboxylic acids is 1. The van der Waals surface area contributed by atoms with Crippen LogP contribution < -0.4 is 15.4 Å². The fraction of sp³-hybridized carbons (Fsp3) is 0.150. The van der Waals surface area contributed by atoms with Crippen LogP contribution in [0.3, 0.4) is 0 Å². The molecule has 3 aromatic rings. The van der Waals surface area contributed by atoms with Crippen molar-refractivity contribution in [3.8, 4) is 5.75 Å². The lowest BCUT2D eigenvalue weighted by Crippen LogP contribution is -2.05. The lowest BCUT2D eigenvalue weighted by Gasteiger charge is -2.11. The minimum atomic E-state index is -0.958. The van der Waals surface area contributed by atoms with Crippen LogP contribution in [-0.4, -0.2) is 27.1 Å². The number of benzene rings is 2. The Morgan fingerprint density at radius 1 is 0.963 bits per heavy atom. The Hall–Kier alpha value is -3.61. The molecule has 0 amide bonds. The van der Waals surface area contributed by atoms with Crippen molar-refractivity contribution < 1.29 is 14.6 Å². The van der Waals surface area contributed by atoms with E-state index in [0.29, 0.717) is 11.8 Å². The van der Waals surface area contributed by atoms with E-state index in [9.17, 15) is 4.79 Å². The number of hydrogen-bond donors (Lipinski definition) is 3. The van der Waals surface area contributed by atoms with E-state index in [1.165, 1.54) is 12.1 Å². The molecule has 0 aliphatic heterocycles. The van der Waals surface area contributed by atoms with Gasteiger partial charge in [0.25, 0.3) is 0 Å². The molecule has 0 saturated carbocycles. The summed E-state index contributed by atoms with van der Waals surface area (Å²) in [6.45, 7) is 3.96. The van der Waals surface area contributed by atoms with E-state index in [2.05, 4.69) is 20.6 Å². The zero-order valence-electron chi connectivity index (χ0n) is 15.0. The van der Waals surface area contributed by atoms with Crippen LogP contribution in [0.2, 0.25) is 0 Å². The number of nitrogens with one attached hydrogen (secondary N) is 2. The molecule has 27 heavy (non-hydrogen) atoms.